The molecule has 0 aromatic rings. The molecule has 2 saturated heterocycles. The van der Waals surface area contributed by atoms with Gasteiger partial charge in [-0.3, -0.25) is 4.79 Å². The Morgan fingerprint density at radius 1 is 1.47 bits per heavy atom. The van der Waals surface area contributed by atoms with Crippen LogP contribution in [-0.2, 0) is 14.3 Å². The summed E-state index contributed by atoms with van der Waals surface area (Å²) in [6.07, 6.45) is 3.34. The van der Waals surface area contributed by atoms with Gasteiger partial charge >= 0.3 is 0 Å². The lowest BCUT2D eigenvalue weighted by molar-refractivity contribution is -0.191. The van der Waals surface area contributed by atoms with Crippen LogP contribution in [0.25, 0.3) is 0 Å². The average molecular weight is 269 g/mol. The van der Waals surface area contributed by atoms with Crippen molar-refractivity contribution in [1.82, 2.24) is 4.90 Å². The normalized spacial score (nSPS) is 25.7. The van der Waals surface area contributed by atoms with Crippen LogP contribution in [-0.4, -0.2) is 49.3 Å². The quantitative estimate of drug-likeness (QED) is 0.717. The zero-order valence-electron chi connectivity index (χ0n) is 12.5. The summed E-state index contributed by atoms with van der Waals surface area (Å²) in [7, 11) is 0. The Morgan fingerprint density at radius 2 is 2.21 bits per heavy atom. The van der Waals surface area contributed by atoms with E-state index in [2.05, 4.69) is 0 Å². The molecule has 0 saturated carbocycles. The van der Waals surface area contributed by atoms with Gasteiger partial charge in [-0.1, -0.05) is 13.8 Å². The van der Waals surface area contributed by atoms with E-state index in [0.717, 1.165) is 52.2 Å². The van der Waals surface area contributed by atoms with Crippen molar-refractivity contribution in [3.63, 3.8) is 0 Å². The molecule has 0 aromatic carbocycles. The number of rotatable bonds is 5. The largest absolute Gasteiger partial charge is 0.382 e. The molecule has 0 aromatic heterocycles. The van der Waals surface area contributed by atoms with Gasteiger partial charge in [0.2, 0.25) is 5.91 Å². The summed E-state index contributed by atoms with van der Waals surface area (Å²) < 4.78 is 11.4. The summed E-state index contributed by atoms with van der Waals surface area (Å²) in [5, 5.41) is 0. The second kappa shape index (κ2) is 6.23. The Morgan fingerprint density at radius 3 is 2.84 bits per heavy atom. The molecule has 2 aliphatic heterocycles. The fourth-order valence-electron chi connectivity index (χ4n) is 3.16. The summed E-state index contributed by atoms with van der Waals surface area (Å²) in [5.74, 6) is 1.04. The van der Waals surface area contributed by atoms with Gasteiger partial charge in [0.15, 0.2) is 0 Å². The molecule has 2 aliphatic rings. The maximum atomic E-state index is 11.9. The summed E-state index contributed by atoms with van der Waals surface area (Å²) in [6.45, 7) is 10.0. The van der Waals surface area contributed by atoms with Gasteiger partial charge in [0.25, 0.3) is 0 Å². The molecule has 4 nitrogen and oxygen atoms in total. The molecule has 110 valence electrons. The van der Waals surface area contributed by atoms with Crippen molar-refractivity contribution in [2.24, 2.45) is 11.8 Å². The van der Waals surface area contributed by atoms with Crippen molar-refractivity contribution in [3.8, 4) is 0 Å². The second-order valence-corrected chi connectivity index (χ2v) is 6.22. The van der Waals surface area contributed by atoms with Gasteiger partial charge in [0.05, 0.1) is 13.1 Å². The first-order valence-corrected chi connectivity index (χ1v) is 7.57. The predicted octanol–water partition coefficient (Wildman–Crippen LogP) is 2.08. The Labute approximate surface area is 116 Å². The number of nitrogens with zero attached hydrogens (tertiary/aromatic N) is 1. The summed E-state index contributed by atoms with van der Waals surface area (Å²) >= 11 is 0. The maximum absolute atomic E-state index is 11.9. The van der Waals surface area contributed by atoms with Crippen LogP contribution in [0.3, 0.4) is 0 Å². The minimum atomic E-state index is -0.0420. The average Bonchev–Trinajstić information content (AvgIpc) is 2.35. The lowest BCUT2D eigenvalue weighted by atomic mass is 9.79. The molecule has 19 heavy (non-hydrogen) atoms. The first-order chi connectivity index (χ1) is 9.06. The highest BCUT2D eigenvalue weighted by molar-refractivity contribution is 5.79. The monoisotopic (exact) mass is 269 g/mol. The lowest BCUT2D eigenvalue weighted by Crippen LogP contribution is -2.67. The molecule has 1 amide bonds. The highest BCUT2D eigenvalue weighted by Gasteiger charge is 2.49. The van der Waals surface area contributed by atoms with Crippen molar-refractivity contribution in [3.05, 3.63) is 0 Å². The van der Waals surface area contributed by atoms with E-state index in [-0.39, 0.29) is 17.4 Å². The topological polar surface area (TPSA) is 38.8 Å². The summed E-state index contributed by atoms with van der Waals surface area (Å²) in [6, 6.07) is 0. The van der Waals surface area contributed by atoms with E-state index >= 15 is 0 Å². The molecular weight excluding hydrogens is 242 g/mol. The van der Waals surface area contributed by atoms with Crippen molar-refractivity contribution >= 4 is 5.91 Å². The third-order valence-corrected chi connectivity index (χ3v) is 4.23. The molecule has 2 rings (SSSR count). The maximum Gasteiger partial charge on any atom is 0.225 e. The van der Waals surface area contributed by atoms with Gasteiger partial charge in [-0.05, 0) is 32.1 Å². The van der Waals surface area contributed by atoms with Gasteiger partial charge in [-0.2, -0.15) is 0 Å². The van der Waals surface area contributed by atoms with Crippen molar-refractivity contribution in [1.29, 1.82) is 0 Å². The number of likely N-dealkylation sites (tertiary alicyclic amines) is 1. The molecule has 1 atom stereocenters. The van der Waals surface area contributed by atoms with Crippen molar-refractivity contribution in [2.45, 2.75) is 45.6 Å². The van der Waals surface area contributed by atoms with Gasteiger partial charge in [-0.15, -0.1) is 0 Å². The Kier molecular flexibility index (Phi) is 4.85. The molecule has 2 heterocycles. The van der Waals surface area contributed by atoms with Crippen LogP contribution >= 0.6 is 0 Å². The van der Waals surface area contributed by atoms with Crippen LogP contribution in [0, 0.1) is 11.8 Å². The Balaban J connectivity index is 1.78. The smallest absolute Gasteiger partial charge is 0.225 e. The minimum absolute atomic E-state index is 0.0420. The zero-order chi connectivity index (χ0) is 13.9. The third kappa shape index (κ3) is 3.48. The first kappa shape index (κ1) is 14.8. The zero-order valence-corrected chi connectivity index (χ0v) is 12.5. The van der Waals surface area contributed by atoms with Crippen LogP contribution < -0.4 is 0 Å². The standard InChI is InChI=1S/C15H27NO3/c1-4-18-7-5-13-6-8-19-15(9-13)10-16(11-15)14(17)12(2)3/h12-13H,4-11H2,1-3H3/t13-/m1/s1. The number of carbonyl (C=O) groups excluding carboxylic acids is 1. The minimum Gasteiger partial charge on any atom is -0.382 e. The van der Waals surface area contributed by atoms with E-state index in [9.17, 15) is 4.79 Å². The fraction of sp³-hybridized carbons (Fsp3) is 0.933. The van der Waals surface area contributed by atoms with Gasteiger partial charge in [0, 0.05) is 25.7 Å². The number of hydrogen-bond donors (Lipinski definition) is 0. The molecule has 0 N–H and O–H groups in total. The Bertz CT molecular complexity index is 311. The lowest BCUT2D eigenvalue weighted by Gasteiger charge is -2.53. The van der Waals surface area contributed by atoms with Crippen LogP contribution in [0.5, 0.6) is 0 Å². The number of carbonyl (C=O) groups is 1. The molecule has 0 aliphatic carbocycles. The third-order valence-electron chi connectivity index (χ3n) is 4.23. The van der Waals surface area contributed by atoms with Crippen LogP contribution in [0.1, 0.15) is 40.0 Å². The molecule has 1 spiro atoms. The second-order valence-electron chi connectivity index (χ2n) is 6.22. The SMILES string of the molecule is CCOCC[C@@H]1CCOC2(C1)CN(C(=O)C(C)C)C2. The van der Waals surface area contributed by atoms with Crippen LogP contribution in [0.2, 0.25) is 0 Å². The number of ether oxygens (including phenoxy) is 2. The molecule has 2 fully saturated rings. The highest BCUT2D eigenvalue weighted by atomic mass is 16.5. The van der Waals surface area contributed by atoms with Crippen LogP contribution in [0.4, 0.5) is 0 Å². The van der Waals surface area contributed by atoms with E-state index in [0.29, 0.717) is 5.92 Å². The molecule has 0 unspecified atom stereocenters. The molecule has 0 bridgehead atoms. The van der Waals surface area contributed by atoms with E-state index in [4.69, 9.17) is 9.47 Å². The molecule has 4 heteroatoms. The number of amides is 1. The van der Waals surface area contributed by atoms with Gasteiger partial charge in [0.1, 0.15) is 5.60 Å². The van der Waals surface area contributed by atoms with Crippen LogP contribution in [0.15, 0.2) is 0 Å². The van der Waals surface area contributed by atoms with E-state index in [1.807, 2.05) is 25.7 Å². The molecule has 0 radical (unpaired) electrons. The van der Waals surface area contributed by atoms with E-state index in [1.165, 1.54) is 0 Å². The van der Waals surface area contributed by atoms with E-state index in [1.54, 1.807) is 0 Å². The first-order valence-electron chi connectivity index (χ1n) is 7.57. The van der Waals surface area contributed by atoms with Gasteiger partial charge in [-0.25, -0.2) is 0 Å². The Hall–Kier alpha value is -0.610. The van der Waals surface area contributed by atoms with Crippen molar-refractivity contribution < 1.29 is 14.3 Å². The summed E-state index contributed by atoms with van der Waals surface area (Å²) in [4.78, 5) is 13.8. The highest BCUT2D eigenvalue weighted by Crippen LogP contribution is 2.38. The van der Waals surface area contributed by atoms with Crippen molar-refractivity contribution in [2.75, 3.05) is 32.9 Å². The van der Waals surface area contributed by atoms with E-state index < -0.39 is 0 Å². The summed E-state index contributed by atoms with van der Waals surface area (Å²) in [5.41, 5.74) is -0.0420. The van der Waals surface area contributed by atoms with Gasteiger partial charge < -0.3 is 14.4 Å². The fourth-order valence-corrected chi connectivity index (χ4v) is 3.16. The number of hydrogen-bond acceptors (Lipinski definition) is 3. The molecular formula is C15H27NO3. The predicted molar refractivity (Wildman–Crippen MR) is 73.9 cm³/mol.